The number of benzene rings is 2. The third-order valence-electron chi connectivity index (χ3n) is 4.41. The van der Waals surface area contributed by atoms with Crippen molar-refractivity contribution in [2.75, 3.05) is 6.54 Å². The molecular weight excluding hydrogens is 382 g/mol. The summed E-state index contributed by atoms with van der Waals surface area (Å²) in [7, 11) is 0. The van der Waals surface area contributed by atoms with Crippen molar-refractivity contribution in [2.24, 2.45) is 0 Å². The number of hydrogen-bond acceptors (Lipinski definition) is 5. The molecular formula is C21H18ClNO5. The molecule has 28 heavy (non-hydrogen) atoms. The van der Waals surface area contributed by atoms with Gasteiger partial charge in [-0.3, -0.25) is 9.59 Å². The van der Waals surface area contributed by atoms with E-state index in [0.29, 0.717) is 27.1 Å². The van der Waals surface area contributed by atoms with Gasteiger partial charge in [-0.15, -0.1) is 0 Å². The maximum atomic E-state index is 12.0. The largest absolute Gasteiger partial charge is 0.459 e. The number of esters is 1. The van der Waals surface area contributed by atoms with Crippen LogP contribution in [0.2, 0.25) is 5.02 Å². The van der Waals surface area contributed by atoms with Gasteiger partial charge in [0.1, 0.15) is 18.7 Å². The van der Waals surface area contributed by atoms with Gasteiger partial charge in [-0.25, -0.2) is 4.79 Å². The minimum atomic E-state index is -0.618. The number of fused-ring (bicyclic) bond motifs is 1. The first-order valence-electron chi connectivity index (χ1n) is 8.57. The Kier molecular flexibility index (Phi) is 5.80. The lowest BCUT2D eigenvalue weighted by molar-refractivity contribution is -0.143. The van der Waals surface area contributed by atoms with E-state index < -0.39 is 17.5 Å². The van der Waals surface area contributed by atoms with E-state index in [2.05, 4.69) is 5.32 Å². The van der Waals surface area contributed by atoms with Gasteiger partial charge in [-0.2, -0.15) is 0 Å². The molecule has 1 heterocycles. The van der Waals surface area contributed by atoms with Gasteiger partial charge in [0.05, 0.1) is 0 Å². The summed E-state index contributed by atoms with van der Waals surface area (Å²) in [5, 5.41) is 3.71. The van der Waals surface area contributed by atoms with Crippen LogP contribution >= 0.6 is 11.6 Å². The number of halogens is 1. The predicted octanol–water partition coefficient (Wildman–Crippen LogP) is 3.54. The number of carbonyl (C=O) groups excluding carboxylic acids is 2. The summed E-state index contributed by atoms with van der Waals surface area (Å²) in [4.78, 5) is 35.8. The Balaban J connectivity index is 1.65. The molecule has 0 unspecified atom stereocenters. The smallest absolute Gasteiger partial charge is 0.336 e. The van der Waals surface area contributed by atoms with Gasteiger partial charge in [0.25, 0.3) is 5.91 Å². The van der Waals surface area contributed by atoms with E-state index in [1.807, 2.05) is 26.0 Å². The van der Waals surface area contributed by atoms with E-state index in [0.717, 1.165) is 11.1 Å². The van der Waals surface area contributed by atoms with Crippen molar-refractivity contribution in [1.29, 1.82) is 0 Å². The molecule has 2 aromatic carbocycles. The van der Waals surface area contributed by atoms with Gasteiger partial charge in [0, 0.05) is 27.6 Å². The first-order chi connectivity index (χ1) is 13.3. The van der Waals surface area contributed by atoms with Crippen LogP contribution in [0.25, 0.3) is 11.0 Å². The predicted molar refractivity (Wildman–Crippen MR) is 106 cm³/mol. The lowest BCUT2D eigenvalue weighted by Crippen LogP contribution is -2.30. The Hall–Kier alpha value is -3.12. The molecule has 0 bridgehead atoms. The lowest BCUT2D eigenvalue weighted by atomic mass is 10.0. The highest BCUT2D eigenvalue weighted by atomic mass is 35.5. The molecule has 144 valence electrons. The number of carbonyl (C=O) groups is 2. The maximum absolute atomic E-state index is 12.0. The zero-order valence-electron chi connectivity index (χ0n) is 15.4. The number of nitrogens with one attached hydrogen (secondary N) is 1. The van der Waals surface area contributed by atoms with Crippen LogP contribution in [-0.2, 0) is 16.1 Å². The highest BCUT2D eigenvalue weighted by Gasteiger charge is 2.13. The molecule has 7 heteroatoms. The van der Waals surface area contributed by atoms with E-state index in [4.69, 9.17) is 20.8 Å². The van der Waals surface area contributed by atoms with Crippen LogP contribution < -0.4 is 10.9 Å². The van der Waals surface area contributed by atoms with Gasteiger partial charge in [0.15, 0.2) is 0 Å². The molecule has 1 N–H and O–H groups in total. The fraction of sp³-hybridized carbons (Fsp3) is 0.190. The number of ether oxygens (including phenoxy) is 1. The number of aryl methyl sites for hydroxylation is 2. The van der Waals surface area contributed by atoms with Crippen molar-refractivity contribution in [2.45, 2.75) is 20.5 Å². The van der Waals surface area contributed by atoms with E-state index in [1.54, 1.807) is 24.3 Å². The molecule has 3 aromatic rings. The number of amides is 1. The van der Waals surface area contributed by atoms with E-state index >= 15 is 0 Å². The molecule has 0 aliphatic heterocycles. The molecule has 0 spiro atoms. The number of hydrogen-bond donors (Lipinski definition) is 1. The molecule has 1 amide bonds. The minimum absolute atomic E-state index is 0.0970. The van der Waals surface area contributed by atoms with Crippen LogP contribution in [0.5, 0.6) is 0 Å². The quantitative estimate of drug-likeness (QED) is 0.524. The first kappa shape index (κ1) is 19.6. The molecule has 0 saturated carbocycles. The summed E-state index contributed by atoms with van der Waals surface area (Å²) in [5.41, 5.74) is 2.76. The highest BCUT2D eigenvalue weighted by molar-refractivity contribution is 6.30. The van der Waals surface area contributed by atoms with Crippen LogP contribution in [0.15, 0.2) is 51.7 Å². The molecule has 0 aliphatic carbocycles. The summed E-state index contributed by atoms with van der Waals surface area (Å²) in [5.74, 6) is -1.03. The second kappa shape index (κ2) is 8.27. The fourth-order valence-corrected chi connectivity index (χ4v) is 2.84. The first-order valence-corrected chi connectivity index (χ1v) is 8.95. The molecule has 0 fully saturated rings. The Labute approximate surface area is 166 Å². The normalized spacial score (nSPS) is 10.7. The average molecular weight is 400 g/mol. The summed E-state index contributed by atoms with van der Waals surface area (Å²) >= 11 is 5.78. The molecule has 6 nitrogen and oxygen atoms in total. The zero-order chi connectivity index (χ0) is 20.3. The Morgan fingerprint density at radius 1 is 1.11 bits per heavy atom. The summed E-state index contributed by atoms with van der Waals surface area (Å²) < 4.78 is 10.5. The summed E-state index contributed by atoms with van der Waals surface area (Å²) in [6, 6.07) is 11.3. The molecule has 3 rings (SSSR count). The van der Waals surface area contributed by atoms with E-state index in [9.17, 15) is 14.4 Å². The highest BCUT2D eigenvalue weighted by Crippen LogP contribution is 2.23. The molecule has 0 saturated heterocycles. The van der Waals surface area contributed by atoms with Crippen molar-refractivity contribution in [1.82, 2.24) is 5.32 Å². The van der Waals surface area contributed by atoms with E-state index in [1.165, 1.54) is 6.07 Å². The van der Waals surface area contributed by atoms with Crippen molar-refractivity contribution in [3.63, 3.8) is 0 Å². The van der Waals surface area contributed by atoms with Gasteiger partial charge in [0.2, 0.25) is 0 Å². The average Bonchev–Trinajstić information content (AvgIpc) is 2.68. The molecule has 0 atom stereocenters. The lowest BCUT2D eigenvalue weighted by Gasteiger charge is -2.10. The number of rotatable bonds is 5. The Morgan fingerprint density at radius 3 is 2.54 bits per heavy atom. The Morgan fingerprint density at radius 2 is 1.82 bits per heavy atom. The minimum Gasteiger partial charge on any atom is -0.459 e. The molecule has 1 aromatic heterocycles. The second-order valence-electron chi connectivity index (χ2n) is 6.33. The van der Waals surface area contributed by atoms with Gasteiger partial charge < -0.3 is 14.5 Å². The van der Waals surface area contributed by atoms with Gasteiger partial charge in [-0.05, 0) is 49.2 Å². The van der Waals surface area contributed by atoms with Crippen LogP contribution in [0, 0.1) is 13.8 Å². The van der Waals surface area contributed by atoms with Crippen LogP contribution in [0.3, 0.4) is 0 Å². The topological polar surface area (TPSA) is 85.6 Å². The third-order valence-corrected chi connectivity index (χ3v) is 4.66. The maximum Gasteiger partial charge on any atom is 0.336 e. The van der Waals surface area contributed by atoms with Gasteiger partial charge >= 0.3 is 11.6 Å². The van der Waals surface area contributed by atoms with Crippen molar-refractivity contribution in [3.05, 3.63) is 80.2 Å². The van der Waals surface area contributed by atoms with Crippen LogP contribution in [0.1, 0.15) is 27.0 Å². The summed E-state index contributed by atoms with van der Waals surface area (Å²) in [6.07, 6.45) is 0. The Bertz CT molecular complexity index is 1100. The third kappa shape index (κ3) is 4.40. The summed E-state index contributed by atoms with van der Waals surface area (Å²) in [6.45, 7) is 3.40. The van der Waals surface area contributed by atoms with Gasteiger partial charge in [-0.1, -0.05) is 23.7 Å². The van der Waals surface area contributed by atoms with Crippen molar-refractivity contribution in [3.8, 4) is 0 Å². The monoisotopic (exact) mass is 399 g/mol. The van der Waals surface area contributed by atoms with Crippen LogP contribution in [0.4, 0.5) is 0 Å². The molecule has 0 radical (unpaired) electrons. The standard InChI is InChI=1S/C21H18ClNO5/c1-12-3-8-17-15(9-18(24)28-20(17)13(12)2)11-27-19(25)10-23-21(26)14-4-6-16(22)7-5-14/h3-9H,10-11H2,1-2H3,(H,23,26). The molecule has 0 aliphatic rings. The SMILES string of the molecule is Cc1ccc2c(COC(=O)CNC(=O)c3ccc(Cl)cc3)cc(=O)oc2c1C. The van der Waals surface area contributed by atoms with Crippen molar-refractivity contribution < 1.29 is 18.7 Å². The van der Waals surface area contributed by atoms with Crippen LogP contribution in [-0.4, -0.2) is 18.4 Å². The zero-order valence-corrected chi connectivity index (χ0v) is 16.1. The van der Waals surface area contributed by atoms with Crippen molar-refractivity contribution >= 4 is 34.4 Å². The van der Waals surface area contributed by atoms with E-state index in [-0.39, 0.29) is 13.2 Å². The second-order valence-corrected chi connectivity index (χ2v) is 6.76. The fourth-order valence-electron chi connectivity index (χ4n) is 2.71.